The number of amides is 1. The minimum absolute atomic E-state index is 0.0172. The van der Waals surface area contributed by atoms with Crippen LogP contribution in [0.1, 0.15) is 9.67 Å². The predicted molar refractivity (Wildman–Crippen MR) is 115 cm³/mol. The van der Waals surface area contributed by atoms with Crippen molar-refractivity contribution in [3.63, 3.8) is 0 Å². The largest absolute Gasteiger partial charge is 0.367 e. The van der Waals surface area contributed by atoms with Gasteiger partial charge in [0.2, 0.25) is 0 Å². The van der Waals surface area contributed by atoms with Crippen LogP contribution in [0.25, 0.3) is 0 Å². The molecule has 2 aliphatic rings. The molecule has 0 saturated carbocycles. The Labute approximate surface area is 178 Å². The molecule has 2 aliphatic heterocycles. The maximum Gasteiger partial charge on any atom is 0.295 e. The van der Waals surface area contributed by atoms with Crippen molar-refractivity contribution in [2.75, 3.05) is 69.2 Å². The molecule has 1 aromatic heterocycles. The molecule has 0 aliphatic carbocycles. The second-order valence-electron chi connectivity index (χ2n) is 7.60. The van der Waals surface area contributed by atoms with Crippen LogP contribution in [0.2, 0.25) is 0 Å². The average molecular weight is 434 g/mol. The lowest BCUT2D eigenvalue weighted by Gasteiger charge is -2.37. The molecule has 8 nitrogen and oxygen atoms in total. The highest BCUT2D eigenvalue weighted by Gasteiger charge is 2.29. The van der Waals surface area contributed by atoms with Gasteiger partial charge in [0.05, 0.1) is 21.6 Å². The summed E-state index contributed by atoms with van der Waals surface area (Å²) in [7, 11) is 2.02. The van der Waals surface area contributed by atoms with Gasteiger partial charge < -0.3 is 19.6 Å². The van der Waals surface area contributed by atoms with Crippen molar-refractivity contribution in [2.45, 2.75) is 0 Å². The van der Waals surface area contributed by atoms with E-state index in [1.165, 1.54) is 11.3 Å². The maximum absolute atomic E-state index is 14.7. The minimum atomic E-state index is -0.568. The molecule has 2 fully saturated rings. The van der Waals surface area contributed by atoms with Crippen LogP contribution < -0.4 is 9.80 Å². The van der Waals surface area contributed by atoms with E-state index in [1.54, 1.807) is 17.0 Å². The Morgan fingerprint density at radius 3 is 2.27 bits per heavy atom. The van der Waals surface area contributed by atoms with Gasteiger partial charge in [-0.05, 0) is 24.6 Å². The summed E-state index contributed by atoms with van der Waals surface area (Å²) in [5.41, 5.74) is 0.586. The molecular weight excluding hydrogens is 409 g/mol. The second-order valence-corrected chi connectivity index (χ2v) is 8.54. The van der Waals surface area contributed by atoms with Crippen molar-refractivity contribution in [1.29, 1.82) is 0 Å². The van der Waals surface area contributed by atoms with Gasteiger partial charge in [-0.3, -0.25) is 14.9 Å². The number of likely N-dealkylation sites (N-methyl/N-ethyl adjacent to an activating group) is 1. The molecule has 0 spiro atoms. The molecule has 4 rings (SSSR count). The quantitative estimate of drug-likeness (QED) is 0.545. The first kappa shape index (κ1) is 20.5. The average Bonchev–Trinajstić information content (AvgIpc) is 3.29. The molecular formula is C20H24FN5O3S. The van der Waals surface area contributed by atoms with Crippen LogP contribution in [0.3, 0.4) is 0 Å². The molecule has 30 heavy (non-hydrogen) atoms. The Balaban J connectivity index is 1.55. The number of nitro groups is 1. The number of hydrogen-bond donors (Lipinski definition) is 0. The van der Waals surface area contributed by atoms with E-state index in [1.807, 2.05) is 28.3 Å². The molecule has 3 heterocycles. The first-order valence-electron chi connectivity index (χ1n) is 9.93. The molecule has 0 bridgehead atoms. The van der Waals surface area contributed by atoms with Crippen LogP contribution in [0.4, 0.5) is 21.5 Å². The number of hydrogen-bond acceptors (Lipinski definition) is 7. The lowest BCUT2D eigenvalue weighted by molar-refractivity contribution is -0.384. The van der Waals surface area contributed by atoms with E-state index in [-0.39, 0.29) is 11.6 Å². The van der Waals surface area contributed by atoms with E-state index in [9.17, 15) is 19.3 Å². The van der Waals surface area contributed by atoms with Crippen molar-refractivity contribution in [3.05, 3.63) is 50.5 Å². The zero-order valence-corrected chi connectivity index (χ0v) is 17.6. The minimum Gasteiger partial charge on any atom is -0.367 e. The number of benzene rings is 1. The number of carbonyl (C=O) groups excluding carboxylic acids is 1. The zero-order valence-electron chi connectivity index (χ0n) is 16.8. The third-order valence-electron chi connectivity index (χ3n) is 5.72. The number of halogens is 1. The van der Waals surface area contributed by atoms with Gasteiger partial charge in [0.25, 0.3) is 11.6 Å². The summed E-state index contributed by atoms with van der Waals surface area (Å²) < 4.78 is 14.7. The third-order valence-corrected chi connectivity index (χ3v) is 6.58. The molecule has 10 heteroatoms. The molecule has 0 atom stereocenters. The Morgan fingerprint density at radius 1 is 1.03 bits per heavy atom. The SMILES string of the molecule is CN1CCN(c2cc(N3CCN(C(=O)c4cccs4)CC3)c([N+](=O)[O-])cc2F)CC1. The predicted octanol–water partition coefficient (Wildman–Crippen LogP) is 2.51. The van der Waals surface area contributed by atoms with Crippen LogP contribution in [0, 0.1) is 15.9 Å². The van der Waals surface area contributed by atoms with Gasteiger partial charge >= 0.3 is 0 Å². The van der Waals surface area contributed by atoms with Gasteiger partial charge in [-0.25, -0.2) is 4.39 Å². The Kier molecular flexibility index (Phi) is 5.87. The monoisotopic (exact) mass is 433 g/mol. The van der Waals surface area contributed by atoms with E-state index in [0.29, 0.717) is 55.5 Å². The smallest absolute Gasteiger partial charge is 0.295 e. The summed E-state index contributed by atoms with van der Waals surface area (Å²) in [6.07, 6.45) is 0. The number of carbonyl (C=O) groups is 1. The number of nitrogens with zero attached hydrogens (tertiary/aromatic N) is 5. The molecule has 2 aromatic rings. The van der Waals surface area contributed by atoms with E-state index < -0.39 is 10.7 Å². The van der Waals surface area contributed by atoms with Crippen LogP contribution in [0.15, 0.2) is 29.6 Å². The zero-order chi connectivity index (χ0) is 21.3. The highest BCUT2D eigenvalue weighted by molar-refractivity contribution is 7.12. The van der Waals surface area contributed by atoms with Crippen molar-refractivity contribution in [2.24, 2.45) is 0 Å². The van der Waals surface area contributed by atoms with E-state index in [2.05, 4.69) is 4.90 Å². The molecule has 1 amide bonds. The van der Waals surface area contributed by atoms with E-state index in [4.69, 9.17) is 0 Å². The normalized spacial score (nSPS) is 18.0. The fraction of sp³-hybridized carbons (Fsp3) is 0.450. The number of thiophene rings is 1. The Hall–Kier alpha value is -2.72. The van der Waals surface area contributed by atoms with Crippen LogP contribution >= 0.6 is 11.3 Å². The summed E-state index contributed by atoms with van der Waals surface area (Å²) in [4.78, 5) is 32.1. The molecule has 1 aromatic carbocycles. The lowest BCUT2D eigenvalue weighted by Crippen LogP contribution is -2.49. The number of nitro benzene ring substituents is 1. The topological polar surface area (TPSA) is 73.2 Å². The number of piperazine rings is 2. The molecule has 0 unspecified atom stereocenters. The van der Waals surface area contributed by atoms with Crippen molar-refractivity contribution in [1.82, 2.24) is 9.80 Å². The molecule has 0 radical (unpaired) electrons. The molecule has 160 valence electrons. The second kappa shape index (κ2) is 8.57. The molecule has 2 saturated heterocycles. The summed E-state index contributed by atoms with van der Waals surface area (Å²) in [6.45, 7) is 4.84. The fourth-order valence-corrected chi connectivity index (χ4v) is 4.63. The van der Waals surface area contributed by atoms with Crippen LogP contribution in [-0.2, 0) is 0 Å². The van der Waals surface area contributed by atoms with Gasteiger partial charge in [0.1, 0.15) is 5.69 Å². The van der Waals surface area contributed by atoms with Gasteiger partial charge in [-0.1, -0.05) is 6.07 Å². The van der Waals surface area contributed by atoms with Gasteiger partial charge in [-0.2, -0.15) is 0 Å². The number of rotatable bonds is 4. The summed E-state index contributed by atoms with van der Waals surface area (Å²) in [5.74, 6) is -0.585. The van der Waals surface area contributed by atoms with Crippen LogP contribution in [0.5, 0.6) is 0 Å². The van der Waals surface area contributed by atoms with E-state index >= 15 is 0 Å². The van der Waals surface area contributed by atoms with Crippen molar-refractivity contribution in [3.8, 4) is 0 Å². The first-order valence-corrected chi connectivity index (χ1v) is 10.8. The van der Waals surface area contributed by atoms with Crippen LogP contribution in [-0.4, -0.2) is 80.0 Å². The van der Waals surface area contributed by atoms with E-state index in [0.717, 1.165) is 19.2 Å². The Morgan fingerprint density at radius 2 is 1.67 bits per heavy atom. The summed E-state index contributed by atoms with van der Waals surface area (Å²) >= 11 is 1.40. The Bertz CT molecular complexity index is 923. The molecule has 0 N–H and O–H groups in total. The number of anilines is 2. The van der Waals surface area contributed by atoms with Gasteiger partial charge in [0.15, 0.2) is 5.82 Å². The highest BCUT2D eigenvalue weighted by atomic mass is 32.1. The fourth-order valence-electron chi connectivity index (χ4n) is 3.94. The highest BCUT2D eigenvalue weighted by Crippen LogP contribution is 2.36. The summed E-state index contributed by atoms with van der Waals surface area (Å²) in [5, 5.41) is 13.5. The van der Waals surface area contributed by atoms with Gasteiger partial charge in [0, 0.05) is 52.4 Å². The maximum atomic E-state index is 14.7. The van der Waals surface area contributed by atoms with Crippen molar-refractivity contribution < 1.29 is 14.1 Å². The first-order chi connectivity index (χ1) is 14.4. The standard InChI is InChI=1S/C20H24FN5O3S/c1-22-4-6-23(7-5-22)16-14-17(18(26(28)29)13-15(16)21)24-8-10-25(11-9-24)20(27)19-3-2-12-30-19/h2-3,12-14H,4-11H2,1H3. The lowest BCUT2D eigenvalue weighted by atomic mass is 10.1. The third kappa shape index (κ3) is 4.10. The van der Waals surface area contributed by atoms with Gasteiger partial charge in [-0.15, -0.1) is 11.3 Å². The summed E-state index contributed by atoms with van der Waals surface area (Å²) in [6, 6.07) is 6.28. The van der Waals surface area contributed by atoms with Crippen molar-refractivity contribution >= 4 is 34.3 Å².